The Balaban J connectivity index is 2.00. The van der Waals surface area contributed by atoms with Gasteiger partial charge in [-0.1, -0.05) is 17.7 Å². The van der Waals surface area contributed by atoms with Crippen LogP contribution in [0.4, 0.5) is 5.82 Å². The number of aromatic nitrogens is 2. The fourth-order valence-corrected chi connectivity index (χ4v) is 2.65. The number of rotatable bonds is 3. The Morgan fingerprint density at radius 3 is 2.55 bits per heavy atom. The highest BCUT2D eigenvalue weighted by Crippen LogP contribution is 2.28. The van der Waals surface area contributed by atoms with Crippen molar-refractivity contribution in [1.82, 2.24) is 9.78 Å². The van der Waals surface area contributed by atoms with E-state index in [0.717, 1.165) is 16.9 Å². The summed E-state index contributed by atoms with van der Waals surface area (Å²) in [5.74, 6) is -1.15. The molecular weight excluding hydrogens is 282 g/mol. The number of amides is 1. The quantitative estimate of drug-likeness (QED) is 0.939. The fourth-order valence-electron chi connectivity index (χ4n) is 2.65. The summed E-state index contributed by atoms with van der Waals surface area (Å²) < 4.78 is 1.69. The van der Waals surface area contributed by atoms with Crippen molar-refractivity contribution in [3.8, 4) is 5.69 Å². The number of hydrogen-bond donors (Lipinski definition) is 1. The summed E-state index contributed by atoms with van der Waals surface area (Å²) in [6.45, 7) is 4.04. The standard InChI is InChI=1S/C16H17N3O3/c1-10-3-5-13(6-4-10)19-14(7-11(2)17-19)18-9-12(16(21)22)8-15(18)20/h3-7,12H,8-9H2,1-2H3,(H,21,22). The predicted molar refractivity (Wildman–Crippen MR) is 81.1 cm³/mol. The monoisotopic (exact) mass is 299 g/mol. The third-order valence-corrected chi connectivity index (χ3v) is 3.84. The largest absolute Gasteiger partial charge is 0.481 e. The molecular formula is C16H17N3O3. The van der Waals surface area contributed by atoms with Gasteiger partial charge in [-0.2, -0.15) is 5.10 Å². The molecule has 6 heteroatoms. The predicted octanol–water partition coefficient (Wildman–Crippen LogP) is 1.93. The van der Waals surface area contributed by atoms with Crippen molar-refractivity contribution in [2.75, 3.05) is 11.4 Å². The van der Waals surface area contributed by atoms with Crippen molar-refractivity contribution in [2.24, 2.45) is 5.92 Å². The Bertz CT molecular complexity index is 734. The number of carboxylic acid groups (broad SMARTS) is 1. The Hall–Kier alpha value is -2.63. The molecule has 1 aliphatic rings. The number of carbonyl (C=O) groups is 2. The van der Waals surface area contributed by atoms with E-state index < -0.39 is 11.9 Å². The first kappa shape index (κ1) is 14.3. The molecule has 1 N–H and O–H groups in total. The van der Waals surface area contributed by atoms with Crippen LogP contribution >= 0.6 is 0 Å². The number of anilines is 1. The smallest absolute Gasteiger partial charge is 0.308 e. The number of carboxylic acids is 1. The van der Waals surface area contributed by atoms with Gasteiger partial charge in [-0.3, -0.25) is 14.5 Å². The second kappa shape index (κ2) is 5.29. The van der Waals surface area contributed by atoms with Crippen molar-refractivity contribution in [3.63, 3.8) is 0 Å². The second-order valence-corrected chi connectivity index (χ2v) is 5.63. The van der Waals surface area contributed by atoms with Crippen molar-refractivity contribution < 1.29 is 14.7 Å². The van der Waals surface area contributed by atoms with Crippen LogP contribution < -0.4 is 4.90 Å². The first-order valence-electron chi connectivity index (χ1n) is 7.12. The maximum absolute atomic E-state index is 12.2. The molecule has 1 aromatic heterocycles. The average Bonchev–Trinajstić information content (AvgIpc) is 3.03. The molecule has 22 heavy (non-hydrogen) atoms. The van der Waals surface area contributed by atoms with Crippen LogP contribution in [0.2, 0.25) is 0 Å². The second-order valence-electron chi connectivity index (χ2n) is 5.63. The minimum atomic E-state index is -0.936. The minimum absolute atomic E-state index is 0.0352. The van der Waals surface area contributed by atoms with Crippen LogP contribution in [0, 0.1) is 19.8 Å². The van der Waals surface area contributed by atoms with Crippen LogP contribution in [-0.2, 0) is 9.59 Å². The molecule has 1 aromatic carbocycles. The molecule has 0 spiro atoms. The van der Waals surface area contributed by atoms with Crippen LogP contribution in [0.1, 0.15) is 17.7 Å². The van der Waals surface area contributed by atoms with E-state index in [1.54, 1.807) is 4.68 Å². The van der Waals surface area contributed by atoms with Gasteiger partial charge < -0.3 is 5.11 Å². The summed E-state index contributed by atoms with van der Waals surface area (Å²) in [7, 11) is 0. The number of benzene rings is 1. The summed E-state index contributed by atoms with van der Waals surface area (Å²) in [5, 5.41) is 13.6. The molecule has 1 aliphatic heterocycles. The molecule has 1 atom stereocenters. The molecule has 0 saturated carbocycles. The molecule has 114 valence electrons. The molecule has 0 radical (unpaired) electrons. The van der Waals surface area contributed by atoms with Gasteiger partial charge in [-0.05, 0) is 26.0 Å². The van der Waals surface area contributed by atoms with Crippen LogP contribution in [0.25, 0.3) is 5.69 Å². The number of carbonyl (C=O) groups excluding carboxylic acids is 1. The van der Waals surface area contributed by atoms with E-state index in [1.165, 1.54) is 4.90 Å². The lowest BCUT2D eigenvalue weighted by atomic mass is 10.1. The van der Waals surface area contributed by atoms with Crippen LogP contribution in [-0.4, -0.2) is 33.3 Å². The Labute approximate surface area is 128 Å². The molecule has 2 heterocycles. The van der Waals surface area contributed by atoms with Gasteiger partial charge in [-0.25, -0.2) is 4.68 Å². The first-order chi connectivity index (χ1) is 10.5. The minimum Gasteiger partial charge on any atom is -0.481 e. The summed E-state index contributed by atoms with van der Waals surface area (Å²) >= 11 is 0. The highest BCUT2D eigenvalue weighted by atomic mass is 16.4. The molecule has 0 aliphatic carbocycles. The Kier molecular flexibility index (Phi) is 3.44. The van der Waals surface area contributed by atoms with Gasteiger partial charge in [0.05, 0.1) is 17.3 Å². The van der Waals surface area contributed by atoms with Crippen molar-refractivity contribution in [3.05, 3.63) is 41.6 Å². The van der Waals surface area contributed by atoms with Gasteiger partial charge in [-0.15, -0.1) is 0 Å². The van der Waals surface area contributed by atoms with Crippen molar-refractivity contribution in [1.29, 1.82) is 0 Å². The normalized spacial score (nSPS) is 18.0. The zero-order valence-corrected chi connectivity index (χ0v) is 12.5. The highest BCUT2D eigenvalue weighted by Gasteiger charge is 2.36. The van der Waals surface area contributed by atoms with Gasteiger partial charge in [0.1, 0.15) is 5.82 Å². The summed E-state index contributed by atoms with van der Waals surface area (Å²) in [5.41, 5.74) is 2.76. The zero-order chi connectivity index (χ0) is 15.9. The van der Waals surface area contributed by atoms with E-state index in [9.17, 15) is 9.59 Å². The SMILES string of the molecule is Cc1ccc(-n2nc(C)cc2N2CC(C(=O)O)CC2=O)cc1. The van der Waals surface area contributed by atoms with E-state index >= 15 is 0 Å². The van der Waals surface area contributed by atoms with E-state index in [2.05, 4.69) is 5.10 Å². The number of nitrogens with zero attached hydrogens (tertiary/aromatic N) is 3. The third kappa shape index (κ3) is 2.47. The van der Waals surface area contributed by atoms with E-state index in [-0.39, 0.29) is 18.9 Å². The molecule has 1 amide bonds. The molecule has 1 unspecified atom stereocenters. The van der Waals surface area contributed by atoms with E-state index in [1.807, 2.05) is 44.2 Å². The van der Waals surface area contributed by atoms with E-state index in [0.29, 0.717) is 5.82 Å². The van der Waals surface area contributed by atoms with Gasteiger partial charge in [0.15, 0.2) is 0 Å². The third-order valence-electron chi connectivity index (χ3n) is 3.84. The highest BCUT2D eigenvalue weighted by molar-refractivity contribution is 5.98. The number of aliphatic carboxylic acids is 1. The molecule has 6 nitrogen and oxygen atoms in total. The maximum Gasteiger partial charge on any atom is 0.308 e. The van der Waals surface area contributed by atoms with Crippen molar-refractivity contribution >= 4 is 17.7 Å². The van der Waals surface area contributed by atoms with Gasteiger partial charge in [0.25, 0.3) is 0 Å². The molecule has 1 fully saturated rings. The lowest BCUT2D eigenvalue weighted by Crippen LogP contribution is -2.28. The van der Waals surface area contributed by atoms with Gasteiger partial charge in [0, 0.05) is 19.0 Å². The average molecular weight is 299 g/mol. The van der Waals surface area contributed by atoms with Gasteiger partial charge in [0.2, 0.25) is 5.91 Å². The molecule has 2 aromatic rings. The fraction of sp³-hybridized carbons (Fsp3) is 0.312. The van der Waals surface area contributed by atoms with Crippen LogP contribution in [0.3, 0.4) is 0 Å². The number of hydrogen-bond acceptors (Lipinski definition) is 3. The van der Waals surface area contributed by atoms with Crippen LogP contribution in [0.15, 0.2) is 30.3 Å². The topological polar surface area (TPSA) is 75.4 Å². The Morgan fingerprint density at radius 1 is 1.27 bits per heavy atom. The lowest BCUT2D eigenvalue weighted by molar-refractivity contribution is -0.141. The molecule has 3 rings (SSSR count). The first-order valence-corrected chi connectivity index (χ1v) is 7.12. The Morgan fingerprint density at radius 2 is 1.95 bits per heavy atom. The summed E-state index contributed by atoms with van der Waals surface area (Å²) in [6, 6.07) is 9.62. The van der Waals surface area contributed by atoms with Gasteiger partial charge >= 0.3 is 5.97 Å². The summed E-state index contributed by atoms with van der Waals surface area (Å²) in [6.07, 6.45) is 0.0352. The van der Waals surface area contributed by atoms with E-state index in [4.69, 9.17) is 5.11 Å². The molecule has 1 saturated heterocycles. The lowest BCUT2D eigenvalue weighted by Gasteiger charge is -2.17. The van der Waals surface area contributed by atoms with Crippen molar-refractivity contribution in [2.45, 2.75) is 20.3 Å². The van der Waals surface area contributed by atoms with Crippen LogP contribution in [0.5, 0.6) is 0 Å². The maximum atomic E-state index is 12.2. The summed E-state index contributed by atoms with van der Waals surface area (Å²) in [4.78, 5) is 24.8. The zero-order valence-electron chi connectivity index (χ0n) is 12.5. The molecule has 0 bridgehead atoms. The number of aryl methyl sites for hydroxylation is 2.